The molecule has 0 aliphatic carbocycles. The van der Waals surface area contributed by atoms with Gasteiger partial charge in [-0.05, 0) is 61.1 Å². The van der Waals surface area contributed by atoms with E-state index in [2.05, 4.69) is 42.4 Å². The smallest absolute Gasteiger partial charge is 0.255 e. The Hall–Kier alpha value is -4.25. The average Bonchev–Trinajstić information content (AvgIpc) is 2.95. The zero-order chi connectivity index (χ0) is 26.5. The third kappa shape index (κ3) is 6.00. The van der Waals surface area contributed by atoms with Crippen LogP contribution >= 0.6 is 0 Å². The van der Waals surface area contributed by atoms with Crippen LogP contribution in [0.25, 0.3) is 11.3 Å². The van der Waals surface area contributed by atoms with Gasteiger partial charge in [-0.1, -0.05) is 12.1 Å². The Bertz CT molecular complexity index is 1390. The molecule has 194 valence electrons. The quantitative estimate of drug-likeness (QED) is 0.342. The number of hydrogen-bond acceptors (Lipinski definition) is 8. The molecule has 0 saturated carbocycles. The second-order valence-corrected chi connectivity index (χ2v) is 9.19. The fourth-order valence-electron chi connectivity index (χ4n) is 4.26. The lowest BCUT2D eigenvalue weighted by Crippen LogP contribution is -2.48. The summed E-state index contributed by atoms with van der Waals surface area (Å²) in [6.45, 7) is 3.72. The van der Waals surface area contributed by atoms with E-state index in [-0.39, 0.29) is 11.9 Å². The minimum Gasteiger partial charge on any atom is -0.324 e. The van der Waals surface area contributed by atoms with Crippen LogP contribution in [0.5, 0.6) is 0 Å². The van der Waals surface area contributed by atoms with Crippen molar-refractivity contribution in [3.63, 3.8) is 0 Å². The summed E-state index contributed by atoms with van der Waals surface area (Å²) in [6, 6.07) is 17.0. The van der Waals surface area contributed by atoms with Crippen LogP contribution in [0.2, 0.25) is 0 Å². The Morgan fingerprint density at radius 1 is 1.03 bits per heavy atom. The molecule has 0 bridgehead atoms. The molecule has 0 radical (unpaired) electrons. The number of hydrogen-bond donors (Lipinski definition) is 3. The molecule has 2 aromatic carbocycles. The molecule has 1 amide bonds. The number of halogens is 1. The van der Waals surface area contributed by atoms with E-state index in [1.54, 1.807) is 42.9 Å². The van der Waals surface area contributed by atoms with E-state index in [9.17, 15) is 9.18 Å². The first-order valence-corrected chi connectivity index (χ1v) is 12.4. The maximum absolute atomic E-state index is 14.6. The molecule has 4 aromatic rings. The minimum absolute atomic E-state index is 0.0432. The molecule has 2 aromatic heterocycles. The van der Waals surface area contributed by atoms with Crippen LogP contribution < -0.4 is 16.4 Å². The highest BCUT2D eigenvalue weighted by Crippen LogP contribution is 2.24. The maximum atomic E-state index is 14.6. The van der Waals surface area contributed by atoms with E-state index < -0.39 is 11.7 Å². The summed E-state index contributed by atoms with van der Waals surface area (Å²) < 4.78 is 14.6. The number of anilines is 3. The van der Waals surface area contributed by atoms with Crippen LogP contribution in [-0.2, 0) is 0 Å². The Morgan fingerprint density at radius 3 is 2.55 bits per heavy atom. The van der Waals surface area contributed by atoms with Gasteiger partial charge in [-0.25, -0.2) is 14.4 Å². The first-order valence-electron chi connectivity index (χ1n) is 12.4. The molecule has 9 nitrogen and oxygen atoms in total. The van der Waals surface area contributed by atoms with Crippen molar-refractivity contribution >= 4 is 23.2 Å². The number of piperazine rings is 1. The molecule has 1 saturated heterocycles. The second kappa shape index (κ2) is 11.4. The van der Waals surface area contributed by atoms with Gasteiger partial charge in [-0.2, -0.15) is 0 Å². The number of nitrogens with one attached hydrogen (secondary N) is 2. The highest BCUT2D eigenvalue weighted by molar-refractivity contribution is 6.04. The van der Waals surface area contributed by atoms with E-state index in [0.717, 1.165) is 37.3 Å². The molecule has 10 heteroatoms. The minimum atomic E-state index is -0.553. The van der Waals surface area contributed by atoms with Gasteiger partial charge >= 0.3 is 0 Å². The third-order valence-electron chi connectivity index (χ3n) is 6.53. The maximum Gasteiger partial charge on any atom is 0.255 e. The molecular formula is C28H29FN8O. The highest BCUT2D eigenvalue weighted by Gasteiger charge is 2.21. The summed E-state index contributed by atoms with van der Waals surface area (Å²) in [5.74, 6) is -0.638. The van der Waals surface area contributed by atoms with Crippen LogP contribution in [0.15, 0.2) is 79.3 Å². The van der Waals surface area contributed by atoms with Gasteiger partial charge in [0, 0.05) is 61.6 Å². The molecular weight excluding hydrogens is 483 g/mol. The fraction of sp³-hybridized carbons (Fsp3) is 0.214. The van der Waals surface area contributed by atoms with Crippen LogP contribution in [0.4, 0.5) is 21.7 Å². The van der Waals surface area contributed by atoms with E-state index >= 15 is 0 Å². The average molecular weight is 513 g/mol. The van der Waals surface area contributed by atoms with Crippen molar-refractivity contribution in [3.8, 4) is 11.3 Å². The predicted molar refractivity (Wildman–Crippen MR) is 145 cm³/mol. The van der Waals surface area contributed by atoms with Gasteiger partial charge < -0.3 is 21.3 Å². The van der Waals surface area contributed by atoms with Crippen LogP contribution in [0.1, 0.15) is 22.1 Å². The monoisotopic (exact) mass is 512 g/mol. The number of pyridine rings is 1. The number of nitrogens with two attached hydrogens (primary N) is 1. The molecule has 1 aliphatic heterocycles. The molecule has 1 atom stereocenters. The summed E-state index contributed by atoms with van der Waals surface area (Å²) in [5.41, 5.74) is 9.89. The number of carbonyl (C=O) groups is 1. The molecule has 4 N–H and O–H groups in total. The topological polar surface area (TPSA) is 112 Å². The Kier molecular flexibility index (Phi) is 7.64. The van der Waals surface area contributed by atoms with Crippen molar-refractivity contribution in [2.45, 2.75) is 6.17 Å². The summed E-state index contributed by atoms with van der Waals surface area (Å²) in [7, 11) is 2.10. The number of aromatic nitrogens is 3. The van der Waals surface area contributed by atoms with Crippen molar-refractivity contribution in [1.29, 1.82) is 0 Å². The zero-order valence-corrected chi connectivity index (χ0v) is 21.0. The van der Waals surface area contributed by atoms with Gasteiger partial charge in [0.2, 0.25) is 5.95 Å². The number of rotatable bonds is 7. The Balaban J connectivity index is 1.25. The van der Waals surface area contributed by atoms with Gasteiger partial charge in [-0.3, -0.25) is 14.7 Å². The van der Waals surface area contributed by atoms with Gasteiger partial charge in [0.25, 0.3) is 5.91 Å². The van der Waals surface area contributed by atoms with E-state index in [0.29, 0.717) is 22.9 Å². The van der Waals surface area contributed by atoms with E-state index in [1.165, 1.54) is 12.1 Å². The molecule has 5 rings (SSSR count). The normalized spacial score (nSPS) is 15.1. The van der Waals surface area contributed by atoms with Gasteiger partial charge in [-0.15, -0.1) is 0 Å². The van der Waals surface area contributed by atoms with Gasteiger partial charge in [0.15, 0.2) is 0 Å². The van der Waals surface area contributed by atoms with Crippen molar-refractivity contribution < 1.29 is 9.18 Å². The lowest BCUT2D eigenvalue weighted by Gasteiger charge is -2.36. The zero-order valence-electron chi connectivity index (χ0n) is 21.0. The molecule has 1 aliphatic rings. The van der Waals surface area contributed by atoms with Crippen molar-refractivity contribution in [2.75, 3.05) is 43.9 Å². The fourth-order valence-corrected chi connectivity index (χ4v) is 4.26. The molecule has 1 unspecified atom stereocenters. The highest BCUT2D eigenvalue weighted by atomic mass is 19.1. The van der Waals surface area contributed by atoms with Gasteiger partial charge in [0.05, 0.1) is 17.5 Å². The first kappa shape index (κ1) is 25.4. The number of nitrogens with zero attached hydrogens (tertiary/aromatic N) is 5. The number of benzene rings is 2. The van der Waals surface area contributed by atoms with Crippen molar-refractivity contribution in [2.24, 2.45) is 5.73 Å². The Labute approximate surface area is 220 Å². The lowest BCUT2D eigenvalue weighted by atomic mass is 10.1. The van der Waals surface area contributed by atoms with Crippen LogP contribution in [0.3, 0.4) is 0 Å². The predicted octanol–water partition coefficient (Wildman–Crippen LogP) is 3.88. The SMILES string of the molecule is CN1CCN(C(N)c2ccc(C(=O)Nc3cc(Nc4nccc(-c5cccnc5)n4)ccc3F)cc2)CC1. The van der Waals surface area contributed by atoms with Crippen molar-refractivity contribution in [3.05, 3.63) is 96.2 Å². The summed E-state index contributed by atoms with van der Waals surface area (Å²) in [6.07, 6.45) is 4.80. The molecule has 38 heavy (non-hydrogen) atoms. The van der Waals surface area contributed by atoms with E-state index in [4.69, 9.17) is 5.73 Å². The number of carbonyl (C=O) groups excluding carboxylic acids is 1. The second-order valence-electron chi connectivity index (χ2n) is 9.19. The molecule has 3 heterocycles. The standard InChI is InChI=1S/C28H29FN8O/c1-36-13-15-37(16-14-36)26(30)19-4-6-20(7-5-19)27(38)34-25-17-22(8-9-23(25)29)33-28-32-12-10-24(35-28)21-3-2-11-31-18-21/h2-12,17-18,26H,13-16,30H2,1H3,(H,34,38)(H,32,33,35). The Morgan fingerprint density at radius 2 is 1.82 bits per heavy atom. The largest absolute Gasteiger partial charge is 0.324 e. The molecule has 1 fully saturated rings. The van der Waals surface area contributed by atoms with Crippen molar-refractivity contribution in [1.82, 2.24) is 24.8 Å². The summed E-state index contributed by atoms with van der Waals surface area (Å²) in [4.78, 5) is 30.2. The first-order chi connectivity index (χ1) is 18.5. The summed E-state index contributed by atoms with van der Waals surface area (Å²) >= 11 is 0. The van der Waals surface area contributed by atoms with Crippen LogP contribution in [-0.4, -0.2) is 63.9 Å². The number of amides is 1. The summed E-state index contributed by atoms with van der Waals surface area (Å²) in [5, 5.41) is 5.72. The molecule has 0 spiro atoms. The van der Waals surface area contributed by atoms with Crippen LogP contribution in [0, 0.1) is 5.82 Å². The van der Waals surface area contributed by atoms with Gasteiger partial charge in [0.1, 0.15) is 5.82 Å². The van der Waals surface area contributed by atoms with E-state index in [1.807, 2.05) is 24.3 Å². The number of likely N-dealkylation sites (N-methyl/N-ethyl adjacent to an activating group) is 1. The third-order valence-corrected chi connectivity index (χ3v) is 6.53. The lowest BCUT2D eigenvalue weighted by molar-refractivity contribution is 0.102.